The highest BCUT2D eigenvalue weighted by Crippen LogP contribution is 2.12. The summed E-state index contributed by atoms with van der Waals surface area (Å²) in [6.07, 6.45) is 0. The molecule has 0 aliphatic heterocycles. The average Bonchev–Trinajstić information content (AvgIpc) is 1.88. The van der Waals surface area contributed by atoms with Gasteiger partial charge < -0.3 is 0 Å². The number of hydrogen-bond donors (Lipinski definition) is 0. The van der Waals surface area contributed by atoms with Gasteiger partial charge in [0.15, 0.2) is 0 Å². The van der Waals surface area contributed by atoms with E-state index in [2.05, 4.69) is 39.0 Å². The van der Waals surface area contributed by atoms with Crippen LogP contribution in [-0.4, -0.2) is 0 Å². The Morgan fingerprint density at radius 3 is 2.40 bits per heavy atom. The summed E-state index contributed by atoms with van der Waals surface area (Å²) >= 11 is 0. The van der Waals surface area contributed by atoms with Gasteiger partial charge in [-0.2, -0.15) is 0 Å². The van der Waals surface area contributed by atoms with Crippen LogP contribution in [0.3, 0.4) is 0 Å². The normalized spacial score (nSPS) is 10.4. The summed E-state index contributed by atoms with van der Waals surface area (Å²) in [7, 11) is 0. The van der Waals surface area contributed by atoms with Crippen molar-refractivity contribution in [2.45, 2.75) is 26.7 Å². The first-order valence-corrected chi connectivity index (χ1v) is 3.68. The van der Waals surface area contributed by atoms with Gasteiger partial charge in [-0.25, -0.2) is 0 Å². The first-order chi connectivity index (χ1) is 4.70. The zero-order chi connectivity index (χ0) is 7.56. The number of hydrogen-bond acceptors (Lipinski definition) is 0. The van der Waals surface area contributed by atoms with Crippen molar-refractivity contribution in [2.24, 2.45) is 0 Å². The second kappa shape index (κ2) is 2.87. The van der Waals surface area contributed by atoms with Crippen molar-refractivity contribution in [3.8, 4) is 0 Å². The fourth-order valence-electron chi connectivity index (χ4n) is 0.874. The van der Waals surface area contributed by atoms with Crippen molar-refractivity contribution in [3.05, 3.63) is 35.4 Å². The summed E-state index contributed by atoms with van der Waals surface area (Å²) in [5.74, 6) is 0.598. The number of benzene rings is 1. The molecular formula is C10H13. The van der Waals surface area contributed by atoms with E-state index < -0.39 is 0 Å². The first-order valence-electron chi connectivity index (χ1n) is 3.68. The van der Waals surface area contributed by atoms with Gasteiger partial charge in [-0.1, -0.05) is 37.6 Å². The molecule has 1 aromatic carbocycles. The summed E-state index contributed by atoms with van der Waals surface area (Å²) < 4.78 is 0. The van der Waals surface area contributed by atoms with Crippen LogP contribution in [0.1, 0.15) is 30.9 Å². The molecule has 0 spiro atoms. The third kappa shape index (κ3) is 1.60. The second-order valence-corrected chi connectivity index (χ2v) is 2.98. The third-order valence-electron chi connectivity index (χ3n) is 1.61. The van der Waals surface area contributed by atoms with Crippen LogP contribution in [0.25, 0.3) is 0 Å². The first kappa shape index (κ1) is 7.33. The smallest absolute Gasteiger partial charge is 0.0144 e. The van der Waals surface area contributed by atoms with Gasteiger partial charge in [0.1, 0.15) is 0 Å². The SMILES string of the molecule is Cc1c[c]c(C(C)C)cc1. The van der Waals surface area contributed by atoms with Gasteiger partial charge in [-0.05, 0) is 24.5 Å². The van der Waals surface area contributed by atoms with Crippen LogP contribution in [0.15, 0.2) is 18.2 Å². The van der Waals surface area contributed by atoms with Gasteiger partial charge in [0.05, 0.1) is 0 Å². The molecular weight excluding hydrogens is 120 g/mol. The van der Waals surface area contributed by atoms with E-state index in [1.54, 1.807) is 0 Å². The van der Waals surface area contributed by atoms with Crippen LogP contribution < -0.4 is 0 Å². The van der Waals surface area contributed by atoms with Crippen molar-refractivity contribution < 1.29 is 0 Å². The summed E-state index contributed by atoms with van der Waals surface area (Å²) in [6.45, 7) is 6.45. The minimum Gasteiger partial charge on any atom is -0.0590 e. The number of rotatable bonds is 1. The van der Waals surface area contributed by atoms with E-state index in [9.17, 15) is 0 Å². The molecule has 0 saturated heterocycles. The van der Waals surface area contributed by atoms with E-state index in [0.29, 0.717) is 5.92 Å². The molecule has 0 fully saturated rings. The molecule has 1 radical (unpaired) electrons. The fraction of sp³-hybridized carbons (Fsp3) is 0.400. The maximum absolute atomic E-state index is 3.24. The molecule has 0 atom stereocenters. The molecule has 1 aromatic rings. The van der Waals surface area contributed by atoms with Crippen LogP contribution in [0.5, 0.6) is 0 Å². The van der Waals surface area contributed by atoms with Gasteiger partial charge in [-0.3, -0.25) is 0 Å². The largest absolute Gasteiger partial charge is 0.0590 e. The zero-order valence-corrected chi connectivity index (χ0v) is 6.81. The lowest BCUT2D eigenvalue weighted by Gasteiger charge is -2.03. The van der Waals surface area contributed by atoms with Gasteiger partial charge in [0.2, 0.25) is 0 Å². The van der Waals surface area contributed by atoms with Crippen LogP contribution in [-0.2, 0) is 0 Å². The molecule has 10 heavy (non-hydrogen) atoms. The van der Waals surface area contributed by atoms with Gasteiger partial charge in [0, 0.05) is 0 Å². The maximum Gasteiger partial charge on any atom is -0.0144 e. The predicted octanol–water partition coefficient (Wildman–Crippen LogP) is 2.92. The van der Waals surface area contributed by atoms with E-state index in [1.807, 2.05) is 6.07 Å². The lowest BCUT2D eigenvalue weighted by Crippen LogP contribution is -1.86. The molecule has 0 amide bonds. The second-order valence-electron chi connectivity index (χ2n) is 2.98. The molecule has 0 heteroatoms. The predicted molar refractivity (Wildman–Crippen MR) is 44.1 cm³/mol. The Bertz CT molecular complexity index is 194. The van der Waals surface area contributed by atoms with E-state index in [0.717, 1.165) is 0 Å². The summed E-state index contributed by atoms with van der Waals surface area (Å²) in [4.78, 5) is 0. The zero-order valence-electron chi connectivity index (χ0n) is 6.81. The molecule has 0 unspecified atom stereocenters. The van der Waals surface area contributed by atoms with Crippen LogP contribution in [0.2, 0.25) is 0 Å². The van der Waals surface area contributed by atoms with E-state index in [1.165, 1.54) is 11.1 Å². The van der Waals surface area contributed by atoms with Gasteiger partial charge >= 0.3 is 0 Å². The highest BCUT2D eigenvalue weighted by Gasteiger charge is 1.95. The molecule has 53 valence electrons. The average molecular weight is 133 g/mol. The van der Waals surface area contributed by atoms with E-state index >= 15 is 0 Å². The Balaban J connectivity index is 2.89. The molecule has 0 aromatic heterocycles. The Morgan fingerprint density at radius 2 is 2.00 bits per heavy atom. The topological polar surface area (TPSA) is 0 Å². The van der Waals surface area contributed by atoms with Crippen molar-refractivity contribution >= 4 is 0 Å². The number of aryl methyl sites for hydroxylation is 1. The Kier molecular flexibility index (Phi) is 2.10. The minimum absolute atomic E-state index is 0.598. The highest BCUT2D eigenvalue weighted by atomic mass is 14.0. The standard InChI is InChI=1S/C10H13/c1-8(2)10-6-4-9(3)5-7-10/h4-6,8H,1-3H3. The quantitative estimate of drug-likeness (QED) is 0.552. The highest BCUT2D eigenvalue weighted by molar-refractivity contribution is 5.21. The Morgan fingerprint density at radius 1 is 1.30 bits per heavy atom. The Hall–Kier alpha value is -0.780. The minimum atomic E-state index is 0.598. The van der Waals surface area contributed by atoms with Crippen molar-refractivity contribution in [2.75, 3.05) is 0 Å². The van der Waals surface area contributed by atoms with Crippen LogP contribution >= 0.6 is 0 Å². The van der Waals surface area contributed by atoms with E-state index in [-0.39, 0.29) is 0 Å². The maximum atomic E-state index is 3.24. The Labute approximate surface area is 62.9 Å². The van der Waals surface area contributed by atoms with Crippen molar-refractivity contribution in [3.63, 3.8) is 0 Å². The molecule has 0 N–H and O–H groups in total. The molecule has 0 saturated carbocycles. The van der Waals surface area contributed by atoms with Crippen LogP contribution in [0.4, 0.5) is 0 Å². The molecule has 0 bridgehead atoms. The molecule has 0 aliphatic rings. The lowest BCUT2D eigenvalue weighted by atomic mass is 10.0. The molecule has 0 heterocycles. The lowest BCUT2D eigenvalue weighted by molar-refractivity contribution is 0.864. The van der Waals surface area contributed by atoms with Crippen molar-refractivity contribution in [1.82, 2.24) is 0 Å². The summed E-state index contributed by atoms with van der Waals surface area (Å²) in [5, 5.41) is 0. The van der Waals surface area contributed by atoms with Gasteiger partial charge in [0.25, 0.3) is 0 Å². The molecule has 1 rings (SSSR count). The van der Waals surface area contributed by atoms with Gasteiger partial charge in [-0.15, -0.1) is 0 Å². The molecule has 0 nitrogen and oxygen atoms in total. The summed E-state index contributed by atoms with van der Waals surface area (Å²) in [6, 6.07) is 9.54. The van der Waals surface area contributed by atoms with Crippen LogP contribution in [0, 0.1) is 13.0 Å². The van der Waals surface area contributed by atoms with E-state index in [4.69, 9.17) is 0 Å². The third-order valence-corrected chi connectivity index (χ3v) is 1.61. The fourth-order valence-corrected chi connectivity index (χ4v) is 0.874. The molecule has 0 aliphatic carbocycles. The monoisotopic (exact) mass is 133 g/mol. The summed E-state index contributed by atoms with van der Waals surface area (Å²) in [5.41, 5.74) is 2.58. The van der Waals surface area contributed by atoms with Crippen molar-refractivity contribution in [1.29, 1.82) is 0 Å².